The molecule has 0 bridgehead atoms. The number of cyclic esters (lactones) is 1. The summed E-state index contributed by atoms with van der Waals surface area (Å²) in [6.45, 7) is 14.8. The number of carboxylic acid groups (broad SMARTS) is 1. The molecule has 1 aliphatic heterocycles. The third kappa shape index (κ3) is 14.7. The second-order valence-electron chi connectivity index (χ2n) is 19.4. The Morgan fingerprint density at radius 2 is 0.949 bits per heavy atom. The lowest BCUT2D eigenvalue weighted by molar-refractivity contribution is -0.344. The van der Waals surface area contributed by atoms with Gasteiger partial charge in [0.2, 0.25) is 0 Å². The van der Waals surface area contributed by atoms with Gasteiger partial charge in [-0.2, -0.15) is 52.7 Å². The minimum atomic E-state index is -6.03. The van der Waals surface area contributed by atoms with Crippen molar-refractivity contribution in [3.8, 4) is 35.2 Å². The van der Waals surface area contributed by atoms with Crippen molar-refractivity contribution >= 4 is 11.9 Å². The van der Waals surface area contributed by atoms with E-state index in [4.69, 9.17) is 19.3 Å². The third-order valence-corrected chi connectivity index (χ3v) is 14.3. The molecule has 21 heteroatoms. The molecule has 0 saturated carbocycles. The van der Waals surface area contributed by atoms with E-state index in [2.05, 4.69) is 0 Å². The van der Waals surface area contributed by atoms with Crippen LogP contribution in [0.2, 0.25) is 0 Å². The summed E-state index contributed by atoms with van der Waals surface area (Å²) in [7, 11) is 0. The summed E-state index contributed by atoms with van der Waals surface area (Å²) in [6.07, 6.45) is -21.9. The summed E-state index contributed by atoms with van der Waals surface area (Å²) >= 11 is 0. The first-order valence-corrected chi connectivity index (χ1v) is 25.1. The molecule has 4 N–H and O–H groups in total. The van der Waals surface area contributed by atoms with Crippen LogP contribution >= 0.6 is 0 Å². The average molecular weight is 1130 g/mol. The first-order valence-electron chi connectivity index (χ1n) is 25.1. The number of carbonyl (C=O) groups excluding carboxylic acids is 1. The van der Waals surface area contributed by atoms with Crippen LogP contribution in [0.15, 0.2) is 72.8 Å². The van der Waals surface area contributed by atoms with Crippen LogP contribution in [0.3, 0.4) is 0 Å². The van der Waals surface area contributed by atoms with Crippen LogP contribution in [0.4, 0.5) is 52.7 Å². The summed E-state index contributed by atoms with van der Waals surface area (Å²) in [5, 5.41) is 37.4. The van der Waals surface area contributed by atoms with Gasteiger partial charge in [0.25, 0.3) is 0 Å². The van der Waals surface area contributed by atoms with Crippen LogP contribution < -0.4 is 9.47 Å². The zero-order valence-corrected chi connectivity index (χ0v) is 44.5. The molecule has 1 fully saturated rings. The van der Waals surface area contributed by atoms with Gasteiger partial charge in [-0.25, -0.2) is 0 Å². The van der Waals surface area contributed by atoms with Crippen molar-refractivity contribution in [1.82, 2.24) is 0 Å². The number of aryl methyl sites for hydroxylation is 4. The van der Waals surface area contributed by atoms with Gasteiger partial charge >= 0.3 is 47.8 Å². The molecule has 9 nitrogen and oxygen atoms in total. The lowest BCUT2D eigenvalue weighted by atomic mass is 9.70. The predicted molar refractivity (Wildman–Crippen MR) is 268 cm³/mol. The number of benzene rings is 4. The minimum Gasteiger partial charge on any atom is -0.491 e. The number of aliphatic hydroxyl groups excluding tert-OH is 1. The summed E-state index contributed by atoms with van der Waals surface area (Å²) < 4.78 is 173. The monoisotopic (exact) mass is 1130 g/mol. The number of hydrogen-bond donors (Lipinski definition) is 4. The highest BCUT2D eigenvalue weighted by molar-refractivity contribution is 5.71. The number of rotatable bonds is 17. The van der Waals surface area contributed by atoms with Crippen molar-refractivity contribution in [1.29, 1.82) is 0 Å². The molecular formula is C58H62F12O9. The molecule has 1 heterocycles. The van der Waals surface area contributed by atoms with Gasteiger partial charge in [0.1, 0.15) is 30.8 Å². The molecule has 432 valence electrons. The summed E-state index contributed by atoms with van der Waals surface area (Å²) in [5.74, 6) is 5.65. The Morgan fingerprint density at radius 3 is 1.25 bits per heavy atom. The number of hydrogen-bond acceptors (Lipinski definition) is 8. The van der Waals surface area contributed by atoms with Crippen molar-refractivity contribution in [3.63, 3.8) is 0 Å². The van der Waals surface area contributed by atoms with Gasteiger partial charge in [-0.15, -0.1) is 0 Å². The first kappa shape index (κ1) is 65.1. The fraction of sp³-hybridized carbons (Fsp3) is 0.483. The molecule has 0 radical (unpaired) electrons. The maximum absolute atomic E-state index is 13.0. The van der Waals surface area contributed by atoms with E-state index in [1.165, 1.54) is 19.1 Å². The van der Waals surface area contributed by atoms with Crippen LogP contribution in [0.1, 0.15) is 135 Å². The number of carboxylic acids is 1. The molecule has 79 heavy (non-hydrogen) atoms. The van der Waals surface area contributed by atoms with Gasteiger partial charge in [-0.1, -0.05) is 88.1 Å². The number of aliphatic hydroxyl groups is 3. The second kappa shape index (κ2) is 25.4. The number of ether oxygens (including phenoxy) is 3. The normalized spacial score (nSPS) is 14.9. The van der Waals surface area contributed by atoms with Crippen molar-refractivity contribution in [2.75, 3.05) is 13.2 Å². The maximum Gasteiger partial charge on any atom is 0.438 e. The minimum absolute atomic E-state index is 0.0483. The Bertz CT molecular complexity index is 2880. The Labute approximate surface area is 450 Å². The standard InChI is InChI=1S/C29H32F6O5.C29H30F6O4/c1-5-26(6-2,22-9-11-24(19(4)16-22)40-17-23(36)10-12-25(37)38)21-8-7-20(18(3)15-21)13-14-27(39,28(30,31)32)29(33,34)35;1-5-26(6-2,22-9-11-24(19(4)16-22)38-17-23-10-12-25(36)39-23)21-8-7-20(18(3)15-21)13-14-27(37,28(30,31)32)29(33,34)35/h7-9,11,15-16,23,36,39H,5-6,10,12,17H2,1-4H3,(H,37,38);7-9,11,15-16,23,37H,5-6,10,12,17H2,1-4H3/t2*23-/m00/s1. The molecule has 0 spiro atoms. The van der Waals surface area contributed by atoms with Crippen LogP contribution in [0.25, 0.3) is 0 Å². The smallest absolute Gasteiger partial charge is 0.438 e. The predicted octanol–water partition coefficient (Wildman–Crippen LogP) is 12.9. The average Bonchev–Trinajstić information content (AvgIpc) is 3.79. The molecule has 2 atom stereocenters. The molecule has 4 aromatic rings. The highest BCUT2D eigenvalue weighted by Gasteiger charge is 2.71. The topological polar surface area (TPSA) is 143 Å². The molecule has 0 unspecified atom stereocenters. The van der Waals surface area contributed by atoms with Crippen molar-refractivity contribution in [3.05, 3.63) is 128 Å². The Hall–Kier alpha value is -6.42. The van der Waals surface area contributed by atoms with E-state index in [1.54, 1.807) is 37.3 Å². The SMILES string of the molecule is CCC(CC)(c1ccc(C#CC(O)(C(F)(F)F)C(F)(F)F)c(C)c1)c1ccc(OC[C@@H](O)CCC(=O)O)c(C)c1.CCC(CC)(c1ccc(C#CC(O)(C(F)(F)F)C(F)(F)F)c(C)c1)c1ccc(OC[C@@H]2CCC(=O)O2)c(C)c1. The fourth-order valence-electron chi connectivity index (χ4n) is 9.25. The van der Waals surface area contributed by atoms with E-state index < -0.39 is 58.8 Å². The highest BCUT2D eigenvalue weighted by atomic mass is 19.4. The van der Waals surface area contributed by atoms with Gasteiger partial charge in [-0.3, -0.25) is 9.59 Å². The molecule has 5 rings (SSSR count). The number of aliphatic carboxylic acids is 1. The zero-order chi connectivity index (χ0) is 59.7. The molecular weight excluding hydrogens is 1070 g/mol. The molecule has 1 aliphatic rings. The van der Waals surface area contributed by atoms with E-state index in [9.17, 15) is 77.6 Å². The molecule has 4 aromatic carbocycles. The first-order chi connectivity index (χ1) is 36.5. The van der Waals surface area contributed by atoms with Crippen LogP contribution in [-0.2, 0) is 25.2 Å². The third-order valence-electron chi connectivity index (χ3n) is 14.3. The molecule has 1 saturated heterocycles. The number of alkyl halides is 12. The second-order valence-corrected chi connectivity index (χ2v) is 19.4. The fourth-order valence-corrected chi connectivity index (χ4v) is 9.25. The summed E-state index contributed by atoms with van der Waals surface area (Å²) in [6, 6.07) is 20.5. The van der Waals surface area contributed by atoms with Gasteiger partial charge in [0.15, 0.2) is 0 Å². The number of carbonyl (C=O) groups is 2. The van der Waals surface area contributed by atoms with Gasteiger partial charge in [0.05, 0.1) is 6.10 Å². The van der Waals surface area contributed by atoms with Gasteiger partial charge in [0, 0.05) is 34.8 Å². The van der Waals surface area contributed by atoms with Gasteiger partial charge in [-0.05, 0) is 147 Å². The van der Waals surface area contributed by atoms with Crippen LogP contribution in [-0.4, -0.2) is 93.7 Å². The molecule has 0 amide bonds. The van der Waals surface area contributed by atoms with E-state index >= 15 is 0 Å². The Kier molecular flexibility index (Phi) is 20.9. The van der Waals surface area contributed by atoms with Crippen molar-refractivity contribution < 1.29 is 96.9 Å². The maximum atomic E-state index is 13.0. The Morgan fingerprint density at radius 1 is 0.595 bits per heavy atom. The van der Waals surface area contributed by atoms with Crippen LogP contribution in [0, 0.1) is 51.4 Å². The largest absolute Gasteiger partial charge is 0.491 e. The van der Waals surface area contributed by atoms with Crippen molar-refractivity contribution in [2.24, 2.45) is 0 Å². The summed E-state index contributed by atoms with van der Waals surface area (Å²) in [4.78, 5) is 22.0. The molecule has 0 aliphatic carbocycles. The van der Waals surface area contributed by atoms with E-state index in [-0.39, 0.29) is 49.3 Å². The highest BCUT2D eigenvalue weighted by Crippen LogP contribution is 2.46. The van der Waals surface area contributed by atoms with E-state index in [0.717, 1.165) is 45.2 Å². The number of halogens is 12. The lowest BCUT2D eigenvalue weighted by Gasteiger charge is -2.34. The molecule has 0 aromatic heterocycles. The van der Waals surface area contributed by atoms with Crippen molar-refractivity contribution in [2.45, 2.75) is 166 Å². The van der Waals surface area contributed by atoms with Crippen LogP contribution in [0.5, 0.6) is 11.5 Å². The zero-order valence-electron chi connectivity index (χ0n) is 44.5. The summed E-state index contributed by atoms with van der Waals surface area (Å²) in [5.41, 5.74) is -5.69. The number of esters is 1. The quantitative estimate of drug-likeness (QED) is 0.0462. The van der Waals surface area contributed by atoms with E-state index in [1.807, 2.05) is 83.7 Å². The van der Waals surface area contributed by atoms with Gasteiger partial charge < -0.3 is 34.6 Å². The van der Waals surface area contributed by atoms with E-state index in [0.29, 0.717) is 61.2 Å². The Balaban J connectivity index is 0.000000341. The lowest BCUT2D eigenvalue weighted by Crippen LogP contribution is -2.55.